The number of anilines is 1. The third-order valence-electron chi connectivity index (χ3n) is 2.09. The minimum Gasteiger partial charge on any atom is -0.399 e. The number of hydrogen-bond acceptors (Lipinski definition) is 3. The van der Waals surface area contributed by atoms with Crippen LogP contribution in [-0.2, 0) is 4.74 Å². The van der Waals surface area contributed by atoms with Crippen LogP contribution in [0.25, 0.3) is 0 Å². The van der Waals surface area contributed by atoms with Gasteiger partial charge in [-0.2, -0.15) is 0 Å². The molecule has 3 nitrogen and oxygen atoms in total. The minimum absolute atomic E-state index is 0.416. The number of nitrogen functional groups attached to an aromatic ring is 1. The topological polar surface area (TPSA) is 61.3 Å². The first-order valence-electron chi connectivity index (χ1n) is 4.38. The molecule has 0 unspecified atom stereocenters. The smallest absolute Gasteiger partial charge is 0.107 e. The Labute approximate surface area is 82.9 Å². The Balaban J connectivity index is 2.84. The van der Waals surface area contributed by atoms with Gasteiger partial charge in [-0.05, 0) is 17.7 Å². The molecule has 0 heterocycles. The summed E-state index contributed by atoms with van der Waals surface area (Å²) >= 11 is 0. The molecule has 0 amide bonds. The van der Waals surface area contributed by atoms with Gasteiger partial charge in [-0.1, -0.05) is 12.1 Å². The van der Waals surface area contributed by atoms with Crippen LogP contribution in [0.5, 0.6) is 0 Å². The van der Waals surface area contributed by atoms with Crippen LogP contribution < -0.4 is 11.5 Å². The molecule has 0 aliphatic rings. The number of benzene rings is 1. The van der Waals surface area contributed by atoms with Gasteiger partial charge in [-0.25, -0.2) is 4.39 Å². The summed E-state index contributed by atoms with van der Waals surface area (Å²) in [5.41, 5.74) is 12.6. The van der Waals surface area contributed by atoms with Crippen molar-refractivity contribution in [2.75, 3.05) is 19.5 Å². The fourth-order valence-corrected chi connectivity index (χ4v) is 1.32. The third-order valence-corrected chi connectivity index (χ3v) is 2.09. The van der Waals surface area contributed by atoms with Crippen LogP contribution in [0, 0.1) is 0 Å². The SMILES string of the molecule is CO[C@H](c1ccc(N)cc1)[C@H](N)CF. The molecule has 0 bridgehead atoms. The molecule has 0 radical (unpaired) electrons. The normalized spacial score (nSPS) is 15.1. The number of halogens is 1. The summed E-state index contributed by atoms with van der Waals surface area (Å²) in [5, 5.41) is 0. The molecule has 0 fully saturated rings. The Bertz CT molecular complexity index is 276. The molecule has 0 spiro atoms. The van der Waals surface area contributed by atoms with Crippen molar-refractivity contribution < 1.29 is 9.13 Å². The zero-order chi connectivity index (χ0) is 10.6. The maximum Gasteiger partial charge on any atom is 0.107 e. The highest BCUT2D eigenvalue weighted by molar-refractivity contribution is 5.40. The summed E-state index contributed by atoms with van der Waals surface area (Å²) in [7, 11) is 1.51. The molecule has 0 saturated heterocycles. The first-order valence-corrected chi connectivity index (χ1v) is 4.38. The molecule has 0 saturated carbocycles. The molecule has 1 aromatic rings. The standard InChI is InChI=1S/C10H15FN2O/c1-14-10(9(13)6-11)7-2-4-8(12)5-3-7/h2-5,9-10H,6,12-13H2,1H3/t9-,10-/m1/s1. The Morgan fingerprint density at radius 2 is 1.93 bits per heavy atom. The van der Waals surface area contributed by atoms with Gasteiger partial charge in [-0.15, -0.1) is 0 Å². The van der Waals surface area contributed by atoms with Crippen molar-refractivity contribution in [1.82, 2.24) is 0 Å². The summed E-state index contributed by atoms with van der Waals surface area (Å²) in [4.78, 5) is 0. The largest absolute Gasteiger partial charge is 0.399 e. The summed E-state index contributed by atoms with van der Waals surface area (Å²) in [5.74, 6) is 0. The quantitative estimate of drug-likeness (QED) is 0.716. The van der Waals surface area contributed by atoms with Crippen LogP contribution in [0.3, 0.4) is 0 Å². The highest BCUT2D eigenvalue weighted by Gasteiger charge is 2.18. The van der Waals surface area contributed by atoms with E-state index in [2.05, 4.69) is 0 Å². The molecule has 14 heavy (non-hydrogen) atoms. The maximum atomic E-state index is 12.4. The lowest BCUT2D eigenvalue weighted by Gasteiger charge is -2.20. The van der Waals surface area contributed by atoms with Gasteiger partial charge in [0.15, 0.2) is 0 Å². The lowest BCUT2D eigenvalue weighted by molar-refractivity contribution is 0.0721. The van der Waals surface area contributed by atoms with Crippen LogP contribution in [0.1, 0.15) is 11.7 Å². The molecule has 1 rings (SSSR count). The molecule has 4 N–H and O–H groups in total. The number of rotatable bonds is 4. The zero-order valence-electron chi connectivity index (χ0n) is 8.11. The average Bonchev–Trinajstić information content (AvgIpc) is 2.21. The van der Waals surface area contributed by atoms with Crippen LogP contribution in [-0.4, -0.2) is 19.8 Å². The highest BCUT2D eigenvalue weighted by atomic mass is 19.1. The molecule has 0 aromatic heterocycles. The molecule has 0 aliphatic heterocycles. The molecule has 78 valence electrons. The predicted octanol–water partition coefficient (Wildman–Crippen LogP) is 1.25. The van der Waals surface area contributed by atoms with E-state index >= 15 is 0 Å². The van der Waals surface area contributed by atoms with E-state index in [1.807, 2.05) is 0 Å². The van der Waals surface area contributed by atoms with Gasteiger partial charge in [0.1, 0.15) is 6.67 Å². The van der Waals surface area contributed by atoms with Crippen LogP contribution >= 0.6 is 0 Å². The van der Waals surface area contributed by atoms with Crippen LogP contribution in [0.2, 0.25) is 0 Å². The monoisotopic (exact) mass is 198 g/mol. The van der Waals surface area contributed by atoms with E-state index in [1.165, 1.54) is 7.11 Å². The number of hydrogen-bond donors (Lipinski definition) is 2. The van der Waals surface area contributed by atoms with Gasteiger partial charge in [-0.3, -0.25) is 0 Å². The van der Waals surface area contributed by atoms with Gasteiger partial charge in [0.2, 0.25) is 0 Å². The third kappa shape index (κ3) is 2.43. The summed E-state index contributed by atoms with van der Waals surface area (Å²) < 4.78 is 17.5. The van der Waals surface area contributed by atoms with Crippen molar-refractivity contribution in [1.29, 1.82) is 0 Å². The van der Waals surface area contributed by atoms with E-state index in [0.29, 0.717) is 5.69 Å². The van der Waals surface area contributed by atoms with Gasteiger partial charge in [0.05, 0.1) is 12.1 Å². The number of methoxy groups -OCH3 is 1. The average molecular weight is 198 g/mol. The number of ether oxygens (including phenoxy) is 1. The van der Waals surface area contributed by atoms with E-state index in [4.69, 9.17) is 16.2 Å². The highest BCUT2D eigenvalue weighted by Crippen LogP contribution is 2.20. The Hall–Kier alpha value is -1.13. The van der Waals surface area contributed by atoms with Crippen molar-refractivity contribution in [2.24, 2.45) is 5.73 Å². The van der Waals surface area contributed by atoms with Crippen LogP contribution in [0.4, 0.5) is 10.1 Å². The summed E-state index contributed by atoms with van der Waals surface area (Å²) in [6, 6.07) is 6.43. The lowest BCUT2D eigenvalue weighted by atomic mass is 10.0. The Morgan fingerprint density at radius 1 is 1.36 bits per heavy atom. The van der Waals surface area contributed by atoms with Crippen molar-refractivity contribution in [2.45, 2.75) is 12.1 Å². The van der Waals surface area contributed by atoms with Crippen molar-refractivity contribution in [3.05, 3.63) is 29.8 Å². The van der Waals surface area contributed by atoms with Crippen molar-refractivity contribution in [3.63, 3.8) is 0 Å². The van der Waals surface area contributed by atoms with E-state index < -0.39 is 18.8 Å². The fraction of sp³-hybridized carbons (Fsp3) is 0.400. The first-order chi connectivity index (χ1) is 6.69. The summed E-state index contributed by atoms with van der Waals surface area (Å²) in [6.07, 6.45) is -0.416. The molecule has 1 aromatic carbocycles. The Kier molecular flexibility index (Phi) is 3.85. The first kappa shape index (κ1) is 10.9. The molecule has 4 heteroatoms. The van der Waals surface area contributed by atoms with E-state index in [0.717, 1.165) is 5.56 Å². The maximum absolute atomic E-state index is 12.4. The predicted molar refractivity (Wildman–Crippen MR) is 54.6 cm³/mol. The van der Waals surface area contributed by atoms with Crippen molar-refractivity contribution in [3.8, 4) is 0 Å². The van der Waals surface area contributed by atoms with Gasteiger partial charge < -0.3 is 16.2 Å². The summed E-state index contributed by atoms with van der Waals surface area (Å²) in [6.45, 7) is -0.608. The lowest BCUT2D eigenvalue weighted by Crippen LogP contribution is -2.31. The van der Waals surface area contributed by atoms with E-state index in [1.54, 1.807) is 24.3 Å². The van der Waals surface area contributed by atoms with Crippen molar-refractivity contribution >= 4 is 5.69 Å². The molecule has 0 aliphatic carbocycles. The van der Waals surface area contributed by atoms with Gasteiger partial charge in [0, 0.05) is 12.8 Å². The molecular weight excluding hydrogens is 183 g/mol. The molecule has 2 atom stereocenters. The fourth-order valence-electron chi connectivity index (χ4n) is 1.32. The zero-order valence-corrected chi connectivity index (χ0v) is 8.11. The van der Waals surface area contributed by atoms with Crippen LogP contribution in [0.15, 0.2) is 24.3 Å². The van der Waals surface area contributed by atoms with Gasteiger partial charge in [0.25, 0.3) is 0 Å². The second kappa shape index (κ2) is 4.93. The van der Waals surface area contributed by atoms with E-state index in [9.17, 15) is 4.39 Å². The number of nitrogens with two attached hydrogens (primary N) is 2. The Morgan fingerprint density at radius 3 is 2.36 bits per heavy atom. The van der Waals surface area contributed by atoms with E-state index in [-0.39, 0.29) is 0 Å². The second-order valence-corrected chi connectivity index (χ2v) is 3.14. The molecular formula is C10H15FN2O. The minimum atomic E-state index is -0.636. The second-order valence-electron chi connectivity index (χ2n) is 3.14. The number of alkyl halides is 1. The van der Waals surface area contributed by atoms with Gasteiger partial charge >= 0.3 is 0 Å².